The van der Waals surface area contributed by atoms with Crippen LogP contribution in [0.4, 0.5) is 5.82 Å². The minimum absolute atomic E-state index is 0.0758. The van der Waals surface area contributed by atoms with Crippen molar-refractivity contribution < 1.29 is 13.2 Å². The number of nitrogens with zero attached hydrogens (tertiary/aromatic N) is 3. The first-order chi connectivity index (χ1) is 17.0. The predicted molar refractivity (Wildman–Crippen MR) is 138 cm³/mol. The van der Waals surface area contributed by atoms with Gasteiger partial charge in [-0.15, -0.1) is 0 Å². The molecule has 1 atom stereocenters. The lowest BCUT2D eigenvalue weighted by Gasteiger charge is -2.33. The SMILES string of the molecule is O=C(NCc1ccccc1)[C@H]1CCCN(c2ccc3cc(S(=O)(=O)N4CCCCC4)ccc3n2)C1. The zero-order chi connectivity index (χ0) is 24.3. The van der Waals surface area contributed by atoms with E-state index >= 15 is 0 Å². The van der Waals surface area contributed by atoms with Gasteiger partial charge in [-0.3, -0.25) is 4.79 Å². The lowest BCUT2D eigenvalue weighted by Crippen LogP contribution is -2.43. The highest BCUT2D eigenvalue weighted by Crippen LogP contribution is 2.27. The highest BCUT2D eigenvalue weighted by molar-refractivity contribution is 7.89. The van der Waals surface area contributed by atoms with Gasteiger partial charge < -0.3 is 10.2 Å². The lowest BCUT2D eigenvalue weighted by atomic mass is 9.97. The summed E-state index contributed by atoms with van der Waals surface area (Å²) in [6.45, 7) is 3.19. The number of amides is 1. The van der Waals surface area contributed by atoms with Gasteiger partial charge in [0.05, 0.1) is 16.3 Å². The Kier molecular flexibility index (Phi) is 7.02. The second-order valence-electron chi connectivity index (χ2n) is 9.48. The highest BCUT2D eigenvalue weighted by atomic mass is 32.2. The largest absolute Gasteiger partial charge is 0.356 e. The van der Waals surface area contributed by atoms with Crippen LogP contribution in [-0.4, -0.2) is 49.8 Å². The molecule has 3 aromatic rings. The number of carbonyl (C=O) groups is 1. The van der Waals surface area contributed by atoms with E-state index in [2.05, 4.69) is 10.2 Å². The standard InChI is InChI=1S/C27H32N4O3S/c32-27(28-19-21-8-3-1-4-9-21)23-10-7-15-30(20-23)26-14-11-22-18-24(12-13-25(22)29-26)35(33,34)31-16-5-2-6-17-31/h1,3-4,8-9,11-14,18,23H,2,5-7,10,15-17,19-20H2,(H,28,32)/t23-/m0/s1. The van der Waals surface area contributed by atoms with Gasteiger partial charge in [0.15, 0.2) is 0 Å². The third kappa shape index (κ3) is 5.33. The Labute approximate surface area is 207 Å². The molecule has 1 aromatic heterocycles. The third-order valence-electron chi connectivity index (χ3n) is 7.02. The smallest absolute Gasteiger partial charge is 0.243 e. The van der Waals surface area contributed by atoms with Crippen molar-refractivity contribution in [3.8, 4) is 0 Å². The Balaban J connectivity index is 1.28. The molecule has 2 aliphatic rings. The van der Waals surface area contributed by atoms with Crippen LogP contribution >= 0.6 is 0 Å². The molecule has 2 saturated heterocycles. The Hall–Kier alpha value is -2.97. The van der Waals surface area contributed by atoms with E-state index in [9.17, 15) is 13.2 Å². The molecule has 2 aromatic carbocycles. The molecule has 0 radical (unpaired) electrons. The van der Waals surface area contributed by atoms with Crippen LogP contribution in [0.5, 0.6) is 0 Å². The summed E-state index contributed by atoms with van der Waals surface area (Å²) < 4.78 is 27.7. The molecule has 0 aliphatic carbocycles. The van der Waals surface area contributed by atoms with Crippen molar-refractivity contribution in [2.75, 3.05) is 31.1 Å². The number of anilines is 1. The van der Waals surface area contributed by atoms with Crippen molar-refractivity contribution in [3.63, 3.8) is 0 Å². The Morgan fingerprint density at radius 2 is 1.74 bits per heavy atom. The molecular weight excluding hydrogens is 460 g/mol. The van der Waals surface area contributed by atoms with Crippen molar-refractivity contribution in [3.05, 3.63) is 66.2 Å². The van der Waals surface area contributed by atoms with Gasteiger partial charge in [0, 0.05) is 38.1 Å². The molecule has 184 valence electrons. The van der Waals surface area contributed by atoms with Gasteiger partial charge in [0.1, 0.15) is 5.82 Å². The Bertz CT molecular complexity index is 1290. The van der Waals surface area contributed by atoms with Crippen LogP contribution in [-0.2, 0) is 21.4 Å². The van der Waals surface area contributed by atoms with Crippen LogP contribution in [0, 0.1) is 5.92 Å². The van der Waals surface area contributed by atoms with E-state index in [1.807, 2.05) is 42.5 Å². The van der Waals surface area contributed by atoms with Crippen LogP contribution < -0.4 is 10.2 Å². The van der Waals surface area contributed by atoms with Crippen LogP contribution in [0.15, 0.2) is 65.6 Å². The number of sulfonamides is 1. The average molecular weight is 493 g/mol. The van der Waals surface area contributed by atoms with Gasteiger partial charge in [-0.25, -0.2) is 13.4 Å². The number of hydrogen-bond acceptors (Lipinski definition) is 5. The summed E-state index contributed by atoms with van der Waals surface area (Å²) in [6.07, 6.45) is 4.71. The maximum Gasteiger partial charge on any atom is 0.243 e. The summed E-state index contributed by atoms with van der Waals surface area (Å²) >= 11 is 0. The summed E-state index contributed by atoms with van der Waals surface area (Å²) in [7, 11) is -3.48. The molecule has 0 bridgehead atoms. The third-order valence-corrected chi connectivity index (χ3v) is 8.92. The van der Waals surface area contributed by atoms with Crippen molar-refractivity contribution in [2.24, 2.45) is 5.92 Å². The number of benzene rings is 2. The van der Waals surface area contributed by atoms with E-state index in [0.717, 1.165) is 60.9 Å². The molecule has 7 nitrogen and oxygen atoms in total. The van der Waals surface area contributed by atoms with Gasteiger partial charge in [-0.2, -0.15) is 4.31 Å². The first-order valence-corrected chi connectivity index (χ1v) is 13.9. The predicted octanol–water partition coefficient (Wildman–Crippen LogP) is 3.94. The number of rotatable bonds is 6. The van der Waals surface area contributed by atoms with Crippen molar-refractivity contribution in [1.29, 1.82) is 0 Å². The van der Waals surface area contributed by atoms with E-state index in [-0.39, 0.29) is 11.8 Å². The van der Waals surface area contributed by atoms with E-state index in [4.69, 9.17) is 4.98 Å². The number of aromatic nitrogens is 1. The molecule has 8 heteroatoms. The van der Waals surface area contributed by atoms with Gasteiger partial charge in [-0.05, 0) is 61.6 Å². The molecule has 3 heterocycles. The van der Waals surface area contributed by atoms with E-state index < -0.39 is 10.0 Å². The molecule has 1 amide bonds. The minimum Gasteiger partial charge on any atom is -0.356 e. The van der Waals surface area contributed by atoms with E-state index in [1.54, 1.807) is 22.5 Å². The number of hydrogen-bond donors (Lipinski definition) is 1. The second-order valence-corrected chi connectivity index (χ2v) is 11.4. The topological polar surface area (TPSA) is 82.6 Å². The lowest BCUT2D eigenvalue weighted by molar-refractivity contribution is -0.125. The summed E-state index contributed by atoms with van der Waals surface area (Å²) in [5.74, 6) is 0.818. The average Bonchev–Trinajstić information content (AvgIpc) is 2.92. The molecule has 0 saturated carbocycles. The Morgan fingerprint density at radius 3 is 2.54 bits per heavy atom. The Morgan fingerprint density at radius 1 is 0.943 bits per heavy atom. The quantitative estimate of drug-likeness (QED) is 0.564. The fraction of sp³-hybridized carbons (Fsp3) is 0.407. The first-order valence-electron chi connectivity index (χ1n) is 12.5. The molecule has 2 aliphatic heterocycles. The summed E-state index contributed by atoms with van der Waals surface area (Å²) in [6, 6.07) is 19.0. The molecule has 0 unspecified atom stereocenters. The van der Waals surface area contributed by atoms with Crippen molar-refractivity contribution in [1.82, 2.24) is 14.6 Å². The highest BCUT2D eigenvalue weighted by Gasteiger charge is 2.28. The maximum absolute atomic E-state index is 13.0. The zero-order valence-corrected chi connectivity index (χ0v) is 20.7. The van der Waals surface area contributed by atoms with Crippen LogP contribution in [0.1, 0.15) is 37.7 Å². The molecular formula is C27H32N4O3S. The monoisotopic (exact) mass is 492 g/mol. The number of fused-ring (bicyclic) bond motifs is 1. The number of carbonyl (C=O) groups excluding carboxylic acids is 1. The summed E-state index contributed by atoms with van der Waals surface area (Å²) in [5, 5.41) is 3.88. The van der Waals surface area contributed by atoms with E-state index in [0.29, 0.717) is 31.1 Å². The van der Waals surface area contributed by atoms with E-state index in [1.165, 1.54) is 0 Å². The van der Waals surface area contributed by atoms with Gasteiger partial charge in [0.2, 0.25) is 15.9 Å². The molecule has 35 heavy (non-hydrogen) atoms. The van der Waals surface area contributed by atoms with Gasteiger partial charge >= 0.3 is 0 Å². The zero-order valence-electron chi connectivity index (χ0n) is 19.9. The molecule has 5 rings (SSSR count). The van der Waals surface area contributed by atoms with Gasteiger partial charge in [0.25, 0.3) is 0 Å². The molecule has 0 spiro atoms. The first kappa shape index (κ1) is 23.8. The maximum atomic E-state index is 13.0. The minimum atomic E-state index is -3.48. The summed E-state index contributed by atoms with van der Waals surface area (Å²) in [5.41, 5.74) is 1.85. The number of piperidine rings is 2. The number of pyridine rings is 1. The van der Waals surface area contributed by atoms with Crippen LogP contribution in [0.3, 0.4) is 0 Å². The van der Waals surface area contributed by atoms with Crippen molar-refractivity contribution in [2.45, 2.75) is 43.5 Å². The normalized spacial score (nSPS) is 19.5. The fourth-order valence-corrected chi connectivity index (χ4v) is 6.57. The van der Waals surface area contributed by atoms with Crippen LogP contribution in [0.25, 0.3) is 10.9 Å². The fourth-order valence-electron chi connectivity index (χ4n) is 5.01. The summed E-state index contributed by atoms with van der Waals surface area (Å²) in [4.78, 5) is 20.1. The molecule has 2 fully saturated rings. The van der Waals surface area contributed by atoms with Crippen LogP contribution in [0.2, 0.25) is 0 Å². The number of nitrogens with one attached hydrogen (secondary N) is 1. The van der Waals surface area contributed by atoms with Crippen molar-refractivity contribution >= 4 is 32.7 Å². The molecule has 1 N–H and O–H groups in total. The second kappa shape index (κ2) is 10.3. The van der Waals surface area contributed by atoms with Gasteiger partial charge in [-0.1, -0.05) is 36.8 Å².